The molecule has 0 saturated carbocycles. The average molecular weight is 484 g/mol. The Labute approximate surface area is 205 Å². The Hall–Kier alpha value is -3.56. The number of hydrogen-bond donors (Lipinski definition) is 1. The van der Waals surface area contributed by atoms with Crippen molar-refractivity contribution in [2.75, 3.05) is 27.3 Å². The van der Waals surface area contributed by atoms with E-state index >= 15 is 0 Å². The largest absolute Gasteiger partial charge is 0.493 e. The summed E-state index contributed by atoms with van der Waals surface area (Å²) in [5.41, 5.74) is 1.50. The van der Waals surface area contributed by atoms with Crippen LogP contribution in [0.25, 0.3) is 0 Å². The number of imide groups is 1. The minimum atomic E-state index is -1.02. The molecule has 3 heterocycles. The highest BCUT2D eigenvalue weighted by Crippen LogP contribution is 2.36. The molecular formula is C25H33N5O5. The Morgan fingerprint density at radius 2 is 1.89 bits per heavy atom. The molecule has 2 saturated heterocycles. The van der Waals surface area contributed by atoms with Crippen LogP contribution >= 0.6 is 0 Å². The zero-order chi connectivity index (χ0) is 25.3. The number of likely N-dealkylation sites (tertiary alicyclic amines) is 1. The van der Waals surface area contributed by atoms with Crippen LogP contribution in [0.3, 0.4) is 0 Å². The quantitative estimate of drug-likeness (QED) is 0.606. The van der Waals surface area contributed by atoms with Crippen LogP contribution in [0.5, 0.6) is 11.5 Å². The first-order chi connectivity index (χ1) is 16.7. The number of carbonyl (C=O) groups excluding carboxylic acids is 3. The van der Waals surface area contributed by atoms with Crippen LogP contribution in [0.15, 0.2) is 24.3 Å². The Balaban J connectivity index is 1.41. The summed E-state index contributed by atoms with van der Waals surface area (Å²) < 4.78 is 12.5. The zero-order valence-electron chi connectivity index (χ0n) is 21.0. The molecule has 1 N–H and O–H groups in total. The molecule has 2 aliphatic heterocycles. The van der Waals surface area contributed by atoms with E-state index in [0.29, 0.717) is 43.0 Å². The van der Waals surface area contributed by atoms with Gasteiger partial charge in [-0.2, -0.15) is 5.10 Å². The van der Waals surface area contributed by atoms with Crippen LogP contribution in [-0.4, -0.2) is 70.3 Å². The van der Waals surface area contributed by atoms with Gasteiger partial charge in [-0.3, -0.25) is 19.2 Å². The fraction of sp³-hybridized carbons (Fsp3) is 0.520. The van der Waals surface area contributed by atoms with Crippen LogP contribution in [0, 0.1) is 19.8 Å². The average Bonchev–Trinajstić information content (AvgIpc) is 3.28. The van der Waals surface area contributed by atoms with Crippen molar-refractivity contribution in [2.24, 2.45) is 5.92 Å². The third kappa shape index (κ3) is 4.56. The molecule has 0 aliphatic carbocycles. The van der Waals surface area contributed by atoms with Crippen LogP contribution in [-0.2, 0) is 22.7 Å². The molecule has 0 spiro atoms. The van der Waals surface area contributed by atoms with Gasteiger partial charge in [0, 0.05) is 24.3 Å². The lowest BCUT2D eigenvalue weighted by molar-refractivity contribution is -0.136. The Kier molecular flexibility index (Phi) is 6.73. The second-order valence-corrected chi connectivity index (χ2v) is 9.42. The van der Waals surface area contributed by atoms with Gasteiger partial charge in [-0.1, -0.05) is 12.1 Å². The number of benzene rings is 1. The van der Waals surface area contributed by atoms with E-state index in [2.05, 4.69) is 10.4 Å². The van der Waals surface area contributed by atoms with Gasteiger partial charge >= 0.3 is 6.03 Å². The van der Waals surface area contributed by atoms with Gasteiger partial charge < -0.3 is 19.7 Å². The van der Waals surface area contributed by atoms with Crippen molar-refractivity contribution in [2.45, 2.75) is 52.2 Å². The molecule has 4 amide bonds. The SMILES string of the molecule is COc1cccc(CN2C(=O)N[C@@](C)(C3CCN(C(=O)Cn4nc(C)cc4C)CC3)C2=O)c1OC. The first-order valence-corrected chi connectivity index (χ1v) is 11.8. The van der Waals surface area contributed by atoms with E-state index in [-0.39, 0.29) is 30.8 Å². The highest BCUT2D eigenvalue weighted by atomic mass is 16.5. The third-order valence-electron chi connectivity index (χ3n) is 7.17. The summed E-state index contributed by atoms with van der Waals surface area (Å²) in [7, 11) is 3.07. The number of aryl methyl sites for hydroxylation is 2. The summed E-state index contributed by atoms with van der Waals surface area (Å²) in [5.74, 6) is 0.706. The second kappa shape index (κ2) is 9.59. The number of carbonyl (C=O) groups is 3. The lowest BCUT2D eigenvalue weighted by Gasteiger charge is -2.39. The number of amides is 4. The van der Waals surface area contributed by atoms with Gasteiger partial charge in [-0.05, 0) is 51.7 Å². The zero-order valence-corrected chi connectivity index (χ0v) is 21.0. The van der Waals surface area contributed by atoms with E-state index in [1.807, 2.05) is 30.9 Å². The molecule has 2 fully saturated rings. The number of methoxy groups -OCH3 is 2. The highest BCUT2D eigenvalue weighted by Gasteiger charge is 2.53. The smallest absolute Gasteiger partial charge is 0.325 e. The number of para-hydroxylation sites is 1. The maximum Gasteiger partial charge on any atom is 0.325 e. The van der Waals surface area contributed by atoms with Crippen molar-refractivity contribution >= 4 is 17.8 Å². The summed E-state index contributed by atoms with van der Waals surface area (Å²) in [5, 5.41) is 7.30. The lowest BCUT2D eigenvalue weighted by atomic mass is 9.79. The van der Waals surface area contributed by atoms with Crippen molar-refractivity contribution in [1.29, 1.82) is 0 Å². The van der Waals surface area contributed by atoms with E-state index in [4.69, 9.17) is 9.47 Å². The monoisotopic (exact) mass is 483 g/mol. The van der Waals surface area contributed by atoms with Gasteiger partial charge in [-0.15, -0.1) is 0 Å². The summed E-state index contributed by atoms with van der Waals surface area (Å²) in [6.07, 6.45) is 1.25. The van der Waals surface area contributed by atoms with E-state index in [0.717, 1.165) is 11.4 Å². The first-order valence-electron chi connectivity index (χ1n) is 11.8. The van der Waals surface area contributed by atoms with Crippen molar-refractivity contribution in [3.8, 4) is 11.5 Å². The number of nitrogens with one attached hydrogen (secondary N) is 1. The van der Waals surface area contributed by atoms with Crippen LogP contribution in [0.2, 0.25) is 0 Å². The molecule has 0 radical (unpaired) electrons. The second-order valence-electron chi connectivity index (χ2n) is 9.42. The molecule has 2 aromatic rings. The molecule has 0 unspecified atom stereocenters. The van der Waals surface area contributed by atoms with Gasteiger partial charge in [0.1, 0.15) is 12.1 Å². The maximum absolute atomic E-state index is 13.5. The molecule has 1 atom stereocenters. The number of piperidine rings is 1. The molecule has 1 aromatic carbocycles. The number of nitrogens with zero attached hydrogens (tertiary/aromatic N) is 4. The molecule has 10 heteroatoms. The molecule has 4 rings (SSSR count). The van der Waals surface area contributed by atoms with Crippen LogP contribution in [0.4, 0.5) is 4.79 Å². The number of rotatable bonds is 7. The molecule has 2 aliphatic rings. The molecule has 10 nitrogen and oxygen atoms in total. The summed E-state index contributed by atoms with van der Waals surface area (Å²) in [6.45, 7) is 6.97. The number of urea groups is 1. The van der Waals surface area contributed by atoms with E-state index in [1.165, 1.54) is 12.0 Å². The van der Waals surface area contributed by atoms with E-state index in [9.17, 15) is 14.4 Å². The summed E-state index contributed by atoms with van der Waals surface area (Å²) >= 11 is 0. The van der Waals surface area contributed by atoms with Gasteiger partial charge in [0.25, 0.3) is 5.91 Å². The van der Waals surface area contributed by atoms with Crippen molar-refractivity contribution in [1.82, 2.24) is 24.9 Å². The number of ether oxygens (including phenoxy) is 2. The summed E-state index contributed by atoms with van der Waals surface area (Å²) in [4.78, 5) is 42.2. The normalized spacial score (nSPS) is 20.8. The minimum absolute atomic E-state index is 0.00772. The van der Waals surface area contributed by atoms with E-state index < -0.39 is 11.6 Å². The Morgan fingerprint density at radius 3 is 2.49 bits per heavy atom. The van der Waals surface area contributed by atoms with Gasteiger partial charge in [-0.25, -0.2) is 4.79 Å². The molecule has 1 aromatic heterocycles. The fourth-order valence-electron chi connectivity index (χ4n) is 5.15. The predicted octanol–water partition coefficient (Wildman–Crippen LogP) is 2.27. The summed E-state index contributed by atoms with van der Waals surface area (Å²) in [6, 6.07) is 6.90. The fourth-order valence-corrected chi connectivity index (χ4v) is 5.15. The minimum Gasteiger partial charge on any atom is -0.493 e. The first kappa shape index (κ1) is 24.6. The van der Waals surface area contributed by atoms with Crippen LogP contribution in [0.1, 0.15) is 36.7 Å². The number of hydrogen-bond acceptors (Lipinski definition) is 6. The van der Waals surface area contributed by atoms with E-state index in [1.54, 1.807) is 30.8 Å². The van der Waals surface area contributed by atoms with Crippen molar-refractivity contribution in [3.63, 3.8) is 0 Å². The Bertz CT molecular complexity index is 1140. The predicted molar refractivity (Wildman–Crippen MR) is 128 cm³/mol. The van der Waals surface area contributed by atoms with Crippen molar-refractivity contribution < 1.29 is 23.9 Å². The van der Waals surface area contributed by atoms with Crippen molar-refractivity contribution in [3.05, 3.63) is 41.2 Å². The lowest BCUT2D eigenvalue weighted by Crippen LogP contribution is -2.54. The molecule has 0 bridgehead atoms. The van der Waals surface area contributed by atoms with Gasteiger partial charge in [0.2, 0.25) is 5.91 Å². The topological polar surface area (TPSA) is 106 Å². The van der Waals surface area contributed by atoms with Gasteiger partial charge in [0.05, 0.1) is 26.5 Å². The molecule has 188 valence electrons. The third-order valence-corrected chi connectivity index (χ3v) is 7.17. The standard InChI is InChI=1S/C25H33N5O5/c1-16-13-17(2)30(27-16)15-21(31)28-11-9-19(10-12-28)25(3)23(32)29(24(33)26-25)14-18-7-6-8-20(34-4)22(18)35-5/h6-8,13,19H,9-12,14-15H2,1-5H3,(H,26,33)/t25-/m0/s1. The van der Waals surface area contributed by atoms with Gasteiger partial charge in [0.15, 0.2) is 11.5 Å². The van der Waals surface area contributed by atoms with Crippen LogP contribution < -0.4 is 14.8 Å². The maximum atomic E-state index is 13.5. The molecule has 35 heavy (non-hydrogen) atoms. The number of aromatic nitrogens is 2. The highest BCUT2D eigenvalue weighted by molar-refractivity contribution is 6.07. The molecular weight excluding hydrogens is 450 g/mol. The Morgan fingerprint density at radius 1 is 1.17 bits per heavy atom.